The number of nitrogens with zero attached hydrogens (tertiary/aromatic N) is 3. The van der Waals surface area contributed by atoms with Gasteiger partial charge in [0.15, 0.2) is 5.17 Å². The quantitative estimate of drug-likeness (QED) is 0.558. The summed E-state index contributed by atoms with van der Waals surface area (Å²) in [4.78, 5) is 31.5. The van der Waals surface area contributed by atoms with Crippen molar-refractivity contribution >= 4 is 63.9 Å². The standard InChI is InChI=1S/C17H15BBrN4O2S2/c19-14-6-13(27-22-14)17-9-23(18-10-24)7-12(17)8-26-16(21-17)20-15(25)11-4-2-1-3-5-11/h1-6,10,12H,7-9H2,(H,20,21,25). The highest BCUT2D eigenvalue weighted by atomic mass is 79.9. The van der Waals surface area contributed by atoms with Crippen LogP contribution in [0.4, 0.5) is 0 Å². The van der Waals surface area contributed by atoms with E-state index in [1.54, 1.807) is 31.3 Å². The fraction of sp³-hybridized carbons (Fsp3) is 0.294. The number of halogens is 1. The Kier molecular flexibility index (Phi) is 5.49. The van der Waals surface area contributed by atoms with E-state index in [0.29, 0.717) is 17.3 Å². The maximum absolute atomic E-state index is 12.5. The molecule has 0 saturated carbocycles. The number of hydrogen-bond donors (Lipinski definition) is 1. The first kappa shape index (κ1) is 18.9. The van der Waals surface area contributed by atoms with E-state index in [2.05, 4.69) is 25.6 Å². The monoisotopic (exact) mass is 461 g/mol. The van der Waals surface area contributed by atoms with Gasteiger partial charge in [0.25, 0.3) is 13.3 Å². The number of aliphatic imine (C=N–C) groups is 1. The lowest BCUT2D eigenvalue weighted by molar-refractivity contribution is 0.0977. The molecule has 1 N–H and O–H groups in total. The summed E-state index contributed by atoms with van der Waals surface area (Å²) < 4.78 is 5.12. The van der Waals surface area contributed by atoms with Crippen LogP contribution in [0.2, 0.25) is 0 Å². The molecule has 2 unspecified atom stereocenters. The summed E-state index contributed by atoms with van der Waals surface area (Å²) >= 11 is 6.37. The number of rotatable bonds is 4. The Morgan fingerprint density at radius 2 is 2.22 bits per heavy atom. The van der Waals surface area contributed by atoms with Crippen molar-refractivity contribution in [2.75, 3.05) is 18.8 Å². The molecule has 2 aromatic rings. The summed E-state index contributed by atoms with van der Waals surface area (Å²) in [5.41, 5.74) is 0.0909. The van der Waals surface area contributed by atoms with Gasteiger partial charge in [0.05, 0.1) is 11.1 Å². The van der Waals surface area contributed by atoms with E-state index in [4.69, 9.17) is 4.99 Å². The van der Waals surface area contributed by atoms with Crippen molar-refractivity contribution in [3.63, 3.8) is 0 Å². The second kappa shape index (κ2) is 7.87. The highest BCUT2D eigenvalue weighted by molar-refractivity contribution is 9.10. The first-order valence-corrected chi connectivity index (χ1v) is 10.9. The lowest BCUT2D eigenvalue weighted by atomic mass is 9.87. The molecular weight excluding hydrogens is 447 g/mol. The second-order valence-electron chi connectivity index (χ2n) is 6.40. The Bertz CT molecular complexity index is 894. The number of carbonyl (C=O) groups excluding carboxylic acids is 2. The molecule has 10 heteroatoms. The summed E-state index contributed by atoms with van der Waals surface area (Å²) in [6.45, 7) is 1.35. The molecule has 3 heterocycles. The maximum Gasteiger partial charge on any atom is 0.293 e. The molecule has 0 aliphatic carbocycles. The van der Waals surface area contributed by atoms with Gasteiger partial charge < -0.3 is 14.9 Å². The largest absolute Gasteiger partial charge is 0.337 e. The number of fused-ring (bicyclic) bond motifs is 1. The number of hydrogen-bond acceptors (Lipinski definition) is 7. The van der Waals surface area contributed by atoms with Gasteiger partial charge in [-0.2, -0.15) is 4.37 Å². The number of amides is 1. The lowest BCUT2D eigenvalue weighted by Gasteiger charge is -2.34. The van der Waals surface area contributed by atoms with Gasteiger partial charge >= 0.3 is 0 Å². The average Bonchev–Trinajstić information content (AvgIpc) is 3.26. The number of aromatic nitrogens is 1. The third kappa shape index (κ3) is 3.76. The van der Waals surface area contributed by atoms with Crippen LogP contribution in [0.15, 0.2) is 46.0 Å². The maximum atomic E-state index is 12.5. The number of thioether (sulfide) groups is 1. The molecule has 1 saturated heterocycles. The molecule has 27 heavy (non-hydrogen) atoms. The molecule has 2 aliphatic heterocycles. The van der Waals surface area contributed by atoms with Crippen LogP contribution >= 0.6 is 39.2 Å². The summed E-state index contributed by atoms with van der Waals surface area (Å²) in [6.07, 6.45) is 0.808. The minimum atomic E-state index is -0.506. The van der Waals surface area contributed by atoms with Gasteiger partial charge in [0.2, 0.25) is 0 Å². The molecule has 2 atom stereocenters. The van der Waals surface area contributed by atoms with Gasteiger partial charge in [-0.3, -0.25) is 4.79 Å². The van der Waals surface area contributed by atoms with Gasteiger partial charge in [-0.15, -0.1) is 0 Å². The molecule has 137 valence electrons. The molecule has 1 radical (unpaired) electrons. The summed E-state index contributed by atoms with van der Waals surface area (Å²) in [7, 11) is 1.57. The first-order valence-electron chi connectivity index (χ1n) is 8.35. The van der Waals surface area contributed by atoms with Gasteiger partial charge in [0.1, 0.15) is 10.1 Å². The van der Waals surface area contributed by atoms with E-state index >= 15 is 0 Å². The number of nitrogens with one attached hydrogen (secondary N) is 1. The molecule has 4 rings (SSSR count). The van der Waals surface area contributed by atoms with Gasteiger partial charge in [0, 0.05) is 23.8 Å². The zero-order valence-electron chi connectivity index (χ0n) is 14.2. The van der Waals surface area contributed by atoms with E-state index in [1.165, 1.54) is 11.5 Å². The Balaban J connectivity index is 1.65. The van der Waals surface area contributed by atoms with Crippen LogP contribution in [0.3, 0.4) is 0 Å². The minimum absolute atomic E-state index is 0.171. The van der Waals surface area contributed by atoms with Crippen molar-refractivity contribution in [3.05, 3.63) is 51.4 Å². The van der Waals surface area contributed by atoms with E-state index in [1.807, 2.05) is 29.1 Å². The second-order valence-corrected chi connectivity index (χ2v) is 9.02. The molecule has 1 aromatic heterocycles. The van der Waals surface area contributed by atoms with Crippen LogP contribution in [-0.2, 0) is 10.3 Å². The third-order valence-electron chi connectivity index (χ3n) is 4.73. The zero-order valence-corrected chi connectivity index (χ0v) is 17.4. The van der Waals surface area contributed by atoms with Gasteiger partial charge in [-0.1, -0.05) is 30.0 Å². The van der Waals surface area contributed by atoms with Crippen molar-refractivity contribution in [1.82, 2.24) is 14.5 Å². The highest BCUT2D eigenvalue weighted by Gasteiger charge is 2.51. The van der Waals surface area contributed by atoms with Crippen molar-refractivity contribution in [2.24, 2.45) is 10.9 Å². The molecule has 1 aromatic carbocycles. The molecule has 0 bridgehead atoms. The van der Waals surface area contributed by atoms with Gasteiger partial charge in [-0.25, -0.2) is 4.99 Å². The number of carbonyl (C=O) groups is 2. The van der Waals surface area contributed by atoms with Crippen molar-refractivity contribution < 1.29 is 9.59 Å². The van der Waals surface area contributed by atoms with E-state index in [9.17, 15) is 9.59 Å². The van der Waals surface area contributed by atoms with E-state index in [-0.39, 0.29) is 11.8 Å². The number of benzene rings is 1. The van der Waals surface area contributed by atoms with Crippen LogP contribution in [0.25, 0.3) is 0 Å². The molecule has 0 spiro atoms. The predicted molar refractivity (Wildman–Crippen MR) is 113 cm³/mol. The SMILES string of the molecule is O=C[B]N1CC2CSC(NC(=O)c3ccccc3)=NC2(c2cc(Br)ns2)C1. The lowest BCUT2D eigenvalue weighted by Crippen LogP contribution is -2.42. The smallest absolute Gasteiger partial charge is 0.293 e. The fourth-order valence-electron chi connectivity index (χ4n) is 3.46. The van der Waals surface area contributed by atoms with Crippen molar-refractivity contribution in [3.8, 4) is 0 Å². The Morgan fingerprint density at radius 1 is 1.41 bits per heavy atom. The molecular formula is C17H15BBrN4O2S2. The van der Waals surface area contributed by atoms with Crippen molar-refractivity contribution in [1.29, 1.82) is 0 Å². The summed E-state index contributed by atoms with van der Waals surface area (Å²) in [6, 6.07) is 11.1. The predicted octanol–water partition coefficient (Wildman–Crippen LogP) is 2.37. The molecule has 1 amide bonds. The van der Waals surface area contributed by atoms with E-state index < -0.39 is 5.54 Å². The Morgan fingerprint density at radius 3 is 2.93 bits per heavy atom. The average molecular weight is 462 g/mol. The molecule has 6 nitrogen and oxygen atoms in total. The third-order valence-corrected chi connectivity index (χ3v) is 7.37. The topological polar surface area (TPSA) is 74.7 Å². The molecule has 1 fully saturated rings. The summed E-state index contributed by atoms with van der Waals surface area (Å²) in [5.74, 6) is 0.880. The van der Waals surface area contributed by atoms with Gasteiger partial charge in [-0.05, 0) is 52.2 Å². The van der Waals surface area contributed by atoms with Crippen LogP contribution in [0, 0.1) is 5.92 Å². The molecule has 2 aliphatic rings. The van der Waals surface area contributed by atoms with E-state index in [0.717, 1.165) is 28.0 Å². The van der Waals surface area contributed by atoms with Crippen LogP contribution in [-0.4, -0.2) is 52.7 Å². The minimum Gasteiger partial charge on any atom is -0.337 e. The Hall–Kier alpha value is -1.49. The zero-order chi connectivity index (χ0) is 18.9. The van der Waals surface area contributed by atoms with Crippen LogP contribution in [0.5, 0.6) is 0 Å². The highest BCUT2D eigenvalue weighted by Crippen LogP contribution is 2.47. The summed E-state index contributed by atoms with van der Waals surface area (Å²) in [5, 5.41) is 3.55. The van der Waals surface area contributed by atoms with Crippen molar-refractivity contribution in [2.45, 2.75) is 5.54 Å². The van der Waals surface area contributed by atoms with Crippen LogP contribution in [0.1, 0.15) is 15.2 Å². The Labute approximate surface area is 174 Å². The fourth-order valence-corrected chi connectivity index (χ4v) is 6.03. The van der Waals surface area contributed by atoms with Crippen LogP contribution < -0.4 is 5.32 Å². The number of amidine groups is 1. The normalized spacial score (nSPS) is 24.8. The first-order chi connectivity index (χ1) is 13.1.